The third-order valence-corrected chi connectivity index (χ3v) is 3.86. The summed E-state index contributed by atoms with van der Waals surface area (Å²) in [5, 5.41) is 1.11. The molecule has 0 fully saturated rings. The molecule has 112 valence electrons. The maximum absolute atomic E-state index is 12.3. The topological polar surface area (TPSA) is 56.0 Å². The molecule has 2 unspecified atom stereocenters. The van der Waals surface area contributed by atoms with E-state index in [4.69, 9.17) is 5.73 Å². The molecule has 2 rings (SSSR count). The van der Waals surface area contributed by atoms with Gasteiger partial charge in [0.25, 0.3) is 0 Å². The van der Waals surface area contributed by atoms with Crippen LogP contribution in [0.15, 0.2) is 36.4 Å². The first-order valence-electron chi connectivity index (χ1n) is 7.69. The molecular formula is C18H24N2O. The zero-order valence-electron chi connectivity index (χ0n) is 12.9. The number of ketones is 1. The number of fused-ring (bicyclic) bond motifs is 1. The van der Waals surface area contributed by atoms with Crippen molar-refractivity contribution in [2.45, 2.75) is 45.6 Å². The molecule has 3 nitrogen and oxygen atoms in total. The Hall–Kier alpha value is -1.74. The fourth-order valence-corrected chi connectivity index (χ4v) is 2.47. The fourth-order valence-electron chi connectivity index (χ4n) is 2.47. The van der Waals surface area contributed by atoms with Crippen LogP contribution >= 0.6 is 0 Å². The standard InChI is InChI=1S/C18H24N2O/c1-13(6-5-7-14(2)19)18(21)12-16-11-10-15-8-3-4-9-17(15)20-16/h3-4,8-11,13-14H,5-7,12,19H2,1-2H3. The summed E-state index contributed by atoms with van der Waals surface area (Å²) in [5.74, 6) is 0.347. The Morgan fingerprint density at radius 2 is 1.90 bits per heavy atom. The molecule has 0 aliphatic heterocycles. The van der Waals surface area contributed by atoms with Gasteiger partial charge in [-0.2, -0.15) is 0 Å². The number of benzene rings is 1. The largest absolute Gasteiger partial charge is 0.328 e. The van der Waals surface area contributed by atoms with Gasteiger partial charge in [-0.3, -0.25) is 9.78 Å². The van der Waals surface area contributed by atoms with Gasteiger partial charge in [-0.25, -0.2) is 0 Å². The number of carbonyl (C=O) groups excluding carboxylic acids is 1. The van der Waals surface area contributed by atoms with E-state index in [0.29, 0.717) is 6.42 Å². The molecule has 0 radical (unpaired) electrons. The van der Waals surface area contributed by atoms with Gasteiger partial charge < -0.3 is 5.73 Å². The van der Waals surface area contributed by atoms with E-state index in [1.54, 1.807) is 0 Å². The lowest BCUT2D eigenvalue weighted by Crippen LogP contribution is -2.17. The van der Waals surface area contributed by atoms with Crippen LogP contribution in [0.4, 0.5) is 0 Å². The molecule has 2 aromatic rings. The number of hydrogen-bond donors (Lipinski definition) is 1. The molecule has 0 saturated heterocycles. The lowest BCUT2D eigenvalue weighted by molar-refractivity contribution is -0.122. The molecule has 0 aliphatic rings. The number of hydrogen-bond acceptors (Lipinski definition) is 3. The van der Waals surface area contributed by atoms with Crippen LogP contribution in [0, 0.1) is 5.92 Å². The predicted molar refractivity (Wildman–Crippen MR) is 87.1 cm³/mol. The quantitative estimate of drug-likeness (QED) is 0.846. The van der Waals surface area contributed by atoms with Crippen LogP contribution in [0.25, 0.3) is 10.9 Å². The molecule has 2 atom stereocenters. The first-order valence-corrected chi connectivity index (χ1v) is 7.69. The molecule has 0 spiro atoms. The fraction of sp³-hybridized carbons (Fsp3) is 0.444. The second-order valence-electron chi connectivity index (χ2n) is 5.95. The molecule has 1 aromatic carbocycles. The van der Waals surface area contributed by atoms with Crippen molar-refractivity contribution in [3.05, 3.63) is 42.1 Å². The summed E-state index contributed by atoms with van der Waals surface area (Å²) >= 11 is 0. The molecule has 1 heterocycles. The number of Topliss-reactive ketones (excluding diaryl/α,β-unsaturated/α-hetero) is 1. The van der Waals surface area contributed by atoms with E-state index in [9.17, 15) is 4.79 Å². The molecule has 3 heteroatoms. The van der Waals surface area contributed by atoms with Crippen molar-refractivity contribution in [3.63, 3.8) is 0 Å². The third-order valence-electron chi connectivity index (χ3n) is 3.86. The Morgan fingerprint density at radius 1 is 1.14 bits per heavy atom. The van der Waals surface area contributed by atoms with Gasteiger partial charge in [0.05, 0.1) is 5.52 Å². The van der Waals surface area contributed by atoms with Gasteiger partial charge in [0.2, 0.25) is 0 Å². The van der Waals surface area contributed by atoms with E-state index in [1.165, 1.54) is 0 Å². The van der Waals surface area contributed by atoms with Gasteiger partial charge in [-0.05, 0) is 31.9 Å². The Labute approximate surface area is 126 Å². The highest BCUT2D eigenvalue weighted by molar-refractivity contribution is 5.84. The summed E-state index contributed by atoms with van der Waals surface area (Å²) < 4.78 is 0. The highest BCUT2D eigenvalue weighted by atomic mass is 16.1. The first kappa shape index (κ1) is 15.6. The van der Waals surface area contributed by atoms with Crippen LogP contribution < -0.4 is 5.73 Å². The summed E-state index contributed by atoms with van der Waals surface area (Å²) in [4.78, 5) is 16.8. The monoisotopic (exact) mass is 284 g/mol. The summed E-state index contributed by atoms with van der Waals surface area (Å²) in [6, 6.07) is 12.2. The Bertz CT molecular complexity index is 607. The second kappa shape index (κ2) is 7.32. The maximum atomic E-state index is 12.3. The number of pyridine rings is 1. The number of para-hydroxylation sites is 1. The van der Waals surface area contributed by atoms with Crippen LogP contribution in [0.5, 0.6) is 0 Å². The summed E-state index contributed by atoms with van der Waals surface area (Å²) in [6.07, 6.45) is 3.32. The molecule has 21 heavy (non-hydrogen) atoms. The number of nitrogens with two attached hydrogens (primary N) is 1. The van der Waals surface area contributed by atoms with Gasteiger partial charge in [0.1, 0.15) is 5.78 Å². The Morgan fingerprint density at radius 3 is 2.67 bits per heavy atom. The minimum atomic E-state index is 0.0806. The van der Waals surface area contributed by atoms with Crippen LogP contribution in [0.2, 0.25) is 0 Å². The highest BCUT2D eigenvalue weighted by Gasteiger charge is 2.14. The van der Waals surface area contributed by atoms with E-state index in [0.717, 1.165) is 35.9 Å². The molecule has 0 bridgehead atoms. The average Bonchev–Trinajstić information content (AvgIpc) is 2.46. The Kier molecular flexibility index (Phi) is 5.45. The highest BCUT2D eigenvalue weighted by Crippen LogP contribution is 2.15. The zero-order chi connectivity index (χ0) is 15.2. The normalized spacial score (nSPS) is 14.0. The van der Waals surface area contributed by atoms with E-state index in [2.05, 4.69) is 4.98 Å². The summed E-state index contributed by atoms with van der Waals surface area (Å²) in [5.41, 5.74) is 7.55. The van der Waals surface area contributed by atoms with E-state index in [-0.39, 0.29) is 17.7 Å². The predicted octanol–water partition coefficient (Wildman–Crippen LogP) is 3.50. The Balaban J connectivity index is 1.94. The maximum Gasteiger partial charge on any atom is 0.141 e. The van der Waals surface area contributed by atoms with Crippen molar-refractivity contribution < 1.29 is 4.79 Å². The summed E-state index contributed by atoms with van der Waals surface area (Å²) in [7, 11) is 0. The van der Waals surface area contributed by atoms with Crippen LogP contribution in [-0.2, 0) is 11.2 Å². The minimum Gasteiger partial charge on any atom is -0.328 e. The van der Waals surface area contributed by atoms with E-state index < -0.39 is 0 Å². The first-order chi connectivity index (χ1) is 10.1. The molecule has 2 N–H and O–H groups in total. The zero-order valence-corrected chi connectivity index (χ0v) is 12.9. The van der Waals surface area contributed by atoms with Crippen LogP contribution in [0.1, 0.15) is 38.8 Å². The number of carbonyl (C=O) groups is 1. The molecule has 0 aliphatic carbocycles. The average molecular weight is 284 g/mol. The SMILES string of the molecule is CC(N)CCCC(C)C(=O)Cc1ccc2ccccc2n1. The molecule has 0 amide bonds. The van der Waals surface area contributed by atoms with E-state index >= 15 is 0 Å². The van der Waals surface area contributed by atoms with Crippen molar-refractivity contribution in [1.29, 1.82) is 0 Å². The van der Waals surface area contributed by atoms with Crippen molar-refractivity contribution >= 4 is 16.7 Å². The number of aromatic nitrogens is 1. The molecule has 0 saturated carbocycles. The van der Waals surface area contributed by atoms with Crippen molar-refractivity contribution in [1.82, 2.24) is 4.98 Å². The van der Waals surface area contributed by atoms with Gasteiger partial charge in [-0.15, -0.1) is 0 Å². The van der Waals surface area contributed by atoms with Gasteiger partial charge in [0, 0.05) is 29.5 Å². The smallest absolute Gasteiger partial charge is 0.141 e. The minimum absolute atomic E-state index is 0.0806. The second-order valence-corrected chi connectivity index (χ2v) is 5.95. The number of rotatable bonds is 7. The van der Waals surface area contributed by atoms with Crippen LogP contribution in [0.3, 0.4) is 0 Å². The lowest BCUT2D eigenvalue weighted by atomic mass is 9.95. The van der Waals surface area contributed by atoms with Crippen LogP contribution in [-0.4, -0.2) is 16.8 Å². The molecule has 1 aromatic heterocycles. The molecular weight excluding hydrogens is 260 g/mol. The van der Waals surface area contributed by atoms with Crippen molar-refractivity contribution in [2.75, 3.05) is 0 Å². The number of nitrogens with zero attached hydrogens (tertiary/aromatic N) is 1. The van der Waals surface area contributed by atoms with Crippen molar-refractivity contribution in [3.8, 4) is 0 Å². The van der Waals surface area contributed by atoms with Crippen molar-refractivity contribution in [2.24, 2.45) is 11.7 Å². The van der Waals surface area contributed by atoms with E-state index in [1.807, 2.05) is 50.2 Å². The van der Waals surface area contributed by atoms with Gasteiger partial charge >= 0.3 is 0 Å². The lowest BCUT2D eigenvalue weighted by Gasteiger charge is -2.11. The van der Waals surface area contributed by atoms with Gasteiger partial charge in [0.15, 0.2) is 0 Å². The van der Waals surface area contributed by atoms with Gasteiger partial charge in [-0.1, -0.05) is 37.6 Å². The summed E-state index contributed by atoms with van der Waals surface area (Å²) in [6.45, 7) is 4.01. The third kappa shape index (κ3) is 4.64.